The zero-order valence-electron chi connectivity index (χ0n) is 18.3. The highest BCUT2D eigenvalue weighted by atomic mass is 19.4. The highest BCUT2D eigenvalue weighted by Crippen LogP contribution is 2.37. The second-order valence-electron chi connectivity index (χ2n) is 7.90. The molecule has 1 aliphatic heterocycles. The molecule has 3 heterocycles. The lowest BCUT2D eigenvalue weighted by atomic mass is 10.1. The SMILES string of the molecule is O=C(NCCc1ccccn1)c1ccc(N2CCC(Oc3ccccc3C(F)(F)F)CC2)nn1. The fourth-order valence-corrected chi connectivity index (χ4v) is 3.74. The Morgan fingerprint density at radius 1 is 1.03 bits per heavy atom. The number of nitrogens with one attached hydrogen (secondary N) is 1. The molecule has 3 aromatic rings. The maximum atomic E-state index is 13.2. The fourth-order valence-electron chi connectivity index (χ4n) is 3.74. The van der Waals surface area contributed by atoms with Crippen molar-refractivity contribution in [2.24, 2.45) is 0 Å². The number of hydrogen-bond donors (Lipinski definition) is 1. The summed E-state index contributed by atoms with van der Waals surface area (Å²) in [6.07, 6.45) is -1.37. The van der Waals surface area contributed by atoms with Crippen molar-refractivity contribution < 1.29 is 22.7 Å². The van der Waals surface area contributed by atoms with Gasteiger partial charge in [0.1, 0.15) is 11.9 Å². The van der Waals surface area contributed by atoms with Gasteiger partial charge in [0.25, 0.3) is 5.91 Å². The molecule has 1 fully saturated rings. The molecular weight excluding hydrogens is 447 g/mol. The molecule has 0 saturated carbocycles. The molecule has 1 saturated heterocycles. The van der Waals surface area contributed by atoms with Crippen LogP contribution in [0, 0.1) is 0 Å². The number of ether oxygens (including phenoxy) is 1. The van der Waals surface area contributed by atoms with Gasteiger partial charge < -0.3 is 15.0 Å². The van der Waals surface area contributed by atoms with Gasteiger partial charge in [0.05, 0.1) is 5.56 Å². The summed E-state index contributed by atoms with van der Waals surface area (Å²) in [6, 6.07) is 14.2. The highest BCUT2D eigenvalue weighted by Gasteiger charge is 2.35. The number of benzene rings is 1. The number of hydrogen-bond acceptors (Lipinski definition) is 6. The first-order chi connectivity index (χ1) is 16.4. The lowest BCUT2D eigenvalue weighted by molar-refractivity contribution is -0.139. The van der Waals surface area contributed by atoms with Crippen LogP contribution in [0.15, 0.2) is 60.8 Å². The Balaban J connectivity index is 1.27. The maximum absolute atomic E-state index is 13.2. The number of anilines is 1. The second-order valence-corrected chi connectivity index (χ2v) is 7.90. The van der Waals surface area contributed by atoms with Crippen LogP contribution in [0.4, 0.5) is 19.0 Å². The Labute approximate surface area is 195 Å². The molecule has 7 nitrogen and oxygen atoms in total. The van der Waals surface area contributed by atoms with Gasteiger partial charge in [-0.2, -0.15) is 13.2 Å². The molecule has 0 atom stereocenters. The average Bonchev–Trinajstić information content (AvgIpc) is 2.85. The number of nitrogens with zero attached hydrogens (tertiary/aromatic N) is 4. The zero-order chi connectivity index (χ0) is 24.0. The minimum absolute atomic E-state index is 0.147. The summed E-state index contributed by atoms with van der Waals surface area (Å²) in [7, 11) is 0. The Bertz CT molecular complexity index is 1090. The quantitative estimate of drug-likeness (QED) is 0.563. The van der Waals surface area contributed by atoms with Crippen molar-refractivity contribution in [3.05, 3.63) is 77.7 Å². The van der Waals surface area contributed by atoms with E-state index in [1.807, 2.05) is 23.1 Å². The van der Waals surface area contributed by atoms with E-state index >= 15 is 0 Å². The minimum atomic E-state index is -4.46. The van der Waals surface area contributed by atoms with Crippen LogP contribution in [0.2, 0.25) is 0 Å². The molecule has 0 unspecified atom stereocenters. The van der Waals surface area contributed by atoms with Gasteiger partial charge in [-0.3, -0.25) is 9.78 Å². The Hall–Kier alpha value is -3.69. The molecule has 4 rings (SSSR count). The number of pyridine rings is 1. The Kier molecular flexibility index (Phi) is 7.24. The number of carbonyl (C=O) groups excluding carboxylic acids is 1. The van der Waals surface area contributed by atoms with E-state index in [9.17, 15) is 18.0 Å². The molecule has 178 valence electrons. The molecule has 1 aromatic carbocycles. The lowest BCUT2D eigenvalue weighted by Gasteiger charge is -2.33. The van der Waals surface area contributed by atoms with Crippen LogP contribution >= 0.6 is 0 Å². The van der Waals surface area contributed by atoms with Crippen LogP contribution < -0.4 is 15.0 Å². The molecule has 2 aromatic heterocycles. The molecule has 1 N–H and O–H groups in total. The summed E-state index contributed by atoms with van der Waals surface area (Å²) >= 11 is 0. The van der Waals surface area contributed by atoms with Crippen LogP contribution in [0.1, 0.15) is 34.6 Å². The Morgan fingerprint density at radius 2 is 1.79 bits per heavy atom. The normalized spacial score (nSPS) is 14.6. The van der Waals surface area contributed by atoms with E-state index in [2.05, 4.69) is 20.5 Å². The number of alkyl halides is 3. The molecule has 0 bridgehead atoms. The smallest absolute Gasteiger partial charge is 0.419 e. The molecular formula is C24H24F3N5O2. The number of halogens is 3. The molecule has 0 aliphatic carbocycles. The van der Waals surface area contributed by atoms with Crippen LogP contribution in [0.25, 0.3) is 0 Å². The van der Waals surface area contributed by atoms with E-state index < -0.39 is 11.7 Å². The summed E-state index contributed by atoms with van der Waals surface area (Å²) in [5.74, 6) is 0.149. The second kappa shape index (κ2) is 10.5. The van der Waals surface area contributed by atoms with E-state index in [4.69, 9.17) is 4.74 Å². The predicted octanol–water partition coefficient (Wildman–Crippen LogP) is 3.91. The first-order valence-electron chi connectivity index (χ1n) is 11.0. The molecule has 10 heteroatoms. The van der Waals surface area contributed by atoms with Crippen LogP contribution in [-0.4, -0.2) is 46.8 Å². The lowest BCUT2D eigenvalue weighted by Crippen LogP contribution is -2.39. The predicted molar refractivity (Wildman–Crippen MR) is 120 cm³/mol. The number of piperidine rings is 1. The summed E-state index contributed by atoms with van der Waals surface area (Å²) in [4.78, 5) is 18.5. The molecule has 34 heavy (non-hydrogen) atoms. The average molecular weight is 471 g/mol. The van der Waals surface area contributed by atoms with Gasteiger partial charge in [-0.25, -0.2) is 0 Å². The summed E-state index contributed by atoms with van der Waals surface area (Å²) < 4.78 is 45.2. The van der Waals surface area contributed by atoms with Crippen LogP contribution in [0.5, 0.6) is 5.75 Å². The van der Waals surface area contributed by atoms with Gasteiger partial charge in [0.2, 0.25) is 0 Å². The van der Waals surface area contributed by atoms with Crippen molar-refractivity contribution in [3.63, 3.8) is 0 Å². The van der Waals surface area contributed by atoms with Crippen molar-refractivity contribution in [1.82, 2.24) is 20.5 Å². The zero-order valence-corrected chi connectivity index (χ0v) is 18.3. The molecule has 0 spiro atoms. The van der Waals surface area contributed by atoms with Crippen LogP contribution in [0.3, 0.4) is 0 Å². The van der Waals surface area contributed by atoms with Crippen molar-refractivity contribution in [3.8, 4) is 5.75 Å². The molecule has 1 aliphatic rings. The standard InChI is InChI=1S/C24H24F3N5O2/c25-24(26,27)19-6-1-2-7-21(19)34-18-11-15-32(16-12-18)22-9-8-20(30-31-22)23(33)29-14-10-17-5-3-4-13-28-17/h1-9,13,18H,10-12,14-16H2,(H,29,33). The van der Waals surface area contributed by atoms with Crippen molar-refractivity contribution >= 4 is 11.7 Å². The van der Waals surface area contributed by atoms with Crippen molar-refractivity contribution in [2.75, 3.05) is 24.5 Å². The number of amides is 1. The number of para-hydroxylation sites is 1. The van der Waals surface area contributed by atoms with E-state index in [1.54, 1.807) is 18.3 Å². The summed E-state index contributed by atoms with van der Waals surface area (Å²) in [6.45, 7) is 1.55. The first-order valence-corrected chi connectivity index (χ1v) is 11.0. The summed E-state index contributed by atoms with van der Waals surface area (Å²) in [5.41, 5.74) is 0.336. The maximum Gasteiger partial charge on any atom is 0.419 e. The van der Waals surface area contributed by atoms with Gasteiger partial charge in [-0.1, -0.05) is 18.2 Å². The summed E-state index contributed by atoms with van der Waals surface area (Å²) in [5, 5.41) is 11.0. The molecule has 1 amide bonds. The van der Waals surface area contributed by atoms with Crippen molar-refractivity contribution in [2.45, 2.75) is 31.5 Å². The topological polar surface area (TPSA) is 80.2 Å². The highest BCUT2D eigenvalue weighted by molar-refractivity contribution is 5.92. The fraction of sp³-hybridized carbons (Fsp3) is 0.333. The monoisotopic (exact) mass is 471 g/mol. The first kappa shape index (κ1) is 23.5. The van der Waals surface area contributed by atoms with Gasteiger partial charge >= 0.3 is 6.18 Å². The Morgan fingerprint density at radius 3 is 2.47 bits per heavy atom. The van der Waals surface area contributed by atoms with Gasteiger partial charge in [-0.15, -0.1) is 10.2 Å². The largest absolute Gasteiger partial charge is 0.490 e. The third-order valence-electron chi connectivity index (χ3n) is 5.53. The number of rotatable bonds is 7. The van der Waals surface area contributed by atoms with Gasteiger partial charge in [-0.05, 0) is 36.4 Å². The molecule has 0 radical (unpaired) electrons. The van der Waals surface area contributed by atoms with Gasteiger partial charge in [0.15, 0.2) is 11.5 Å². The van der Waals surface area contributed by atoms with E-state index in [0.717, 1.165) is 11.8 Å². The van der Waals surface area contributed by atoms with E-state index in [-0.39, 0.29) is 23.5 Å². The third-order valence-corrected chi connectivity index (χ3v) is 5.53. The van der Waals surface area contributed by atoms with E-state index in [1.165, 1.54) is 18.2 Å². The van der Waals surface area contributed by atoms with Gasteiger partial charge in [0, 0.05) is 50.8 Å². The number of aromatic nitrogens is 3. The number of carbonyl (C=O) groups is 1. The van der Waals surface area contributed by atoms with Crippen LogP contribution in [-0.2, 0) is 12.6 Å². The minimum Gasteiger partial charge on any atom is -0.490 e. The van der Waals surface area contributed by atoms with Crippen molar-refractivity contribution in [1.29, 1.82) is 0 Å². The third kappa shape index (κ3) is 6.00. The van der Waals surface area contributed by atoms with E-state index in [0.29, 0.717) is 44.7 Å².